The molecule has 0 saturated carbocycles. The number of amides is 1. The van der Waals surface area contributed by atoms with Crippen molar-refractivity contribution in [1.82, 2.24) is 10.6 Å². The first-order chi connectivity index (χ1) is 9.50. The van der Waals surface area contributed by atoms with Crippen LogP contribution in [0, 0.1) is 5.82 Å². The Hall–Kier alpha value is -1.46. The molecule has 1 aromatic carbocycles. The molecular formula is C14H20ClFN2O2. The lowest BCUT2D eigenvalue weighted by Gasteiger charge is -2.19. The Morgan fingerprint density at radius 1 is 1.25 bits per heavy atom. The van der Waals surface area contributed by atoms with E-state index in [2.05, 4.69) is 10.6 Å². The van der Waals surface area contributed by atoms with Gasteiger partial charge in [-0.2, -0.15) is 0 Å². The van der Waals surface area contributed by atoms with Gasteiger partial charge in [0.05, 0.1) is 6.04 Å². The van der Waals surface area contributed by atoms with Crippen LogP contribution < -0.4 is 10.6 Å². The fraction of sp³-hybridized carbons (Fsp3) is 0.429. The fourth-order valence-corrected chi connectivity index (χ4v) is 1.43. The van der Waals surface area contributed by atoms with E-state index >= 15 is 0 Å². The first-order valence-electron chi connectivity index (χ1n) is 6.47. The van der Waals surface area contributed by atoms with Gasteiger partial charge in [-0.1, -0.05) is 13.8 Å². The average Bonchev–Trinajstić information content (AvgIpc) is 2.45. The predicted octanol–water partition coefficient (Wildman–Crippen LogP) is 2.33. The van der Waals surface area contributed by atoms with Crippen molar-refractivity contribution < 1.29 is 14.0 Å². The Morgan fingerprint density at radius 3 is 2.15 bits per heavy atom. The minimum atomic E-state index is -0.569. The summed E-state index contributed by atoms with van der Waals surface area (Å²) in [6.07, 6.45) is 0. The average molecular weight is 303 g/mol. The zero-order valence-corrected chi connectivity index (χ0v) is 12.6. The molecule has 112 valence electrons. The Kier molecular flexibility index (Phi) is 9.59. The number of carbonyl (C=O) groups is 2. The molecule has 1 amide bonds. The van der Waals surface area contributed by atoms with Gasteiger partial charge in [0.15, 0.2) is 0 Å². The topological polar surface area (TPSA) is 58.2 Å². The molecule has 1 aromatic rings. The van der Waals surface area contributed by atoms with Gasteiger partial charge >= 0.3 is 0 Å². The summed E-state index contributed by atoms with van der Waals surface area (Å²) in [6.45, 7) is 7.52. The van der Waals surface area contributed by atoms with E-state index in [0.717, 1.165) is 13.1 Å². The van der Waals surface area contributed by atoms with Gasteiger partial charge < -0.3 is 10.6 Å². The molecule has 1 heterocycles. The van der Waals surface area contributed by atoms with E-state index in [-0.39, 0.29) is 17.8 Å². The van der Waals surface area contributed by atoms with Gasteiger partial charge in [0.25, 0.3) is 5.24 Å². The summed E-state index contributed by atoms with van der Waals surface area (Å²) in [5, 5.41) is 5.18. The van der Waals surface area contributed by atoms with Gasteiger partial charge in [-0.05, 0) is 42.8 Å². The van der Waals surface area contributed by atoms with E-state index in [1.165, 1.54) is 24.3 Å². The number of hydrogen-bond donors (Lipinski definition) is 2. The summed E-state index contributed by atoms with van der Waals surface area (Å²) in [4.78, 5) is 21.0. The molecule has 0 aromatic heterocycles. The summed E-state index contributed by atoms with van der Waals surface area (Å²) in [7, 11) is 0. The lowest BCUT2D eigenvalue weighted by Crippen LogP contribution is -2.51. The van der Waals surface area contributed by atoms with Crippen LogP contribution in [0.2, 0.25) is 0 Å². The fourth-order valence-electron chi connectivity index (χ4n) is 1.30. The van der Waals surface area contributed by atoms with Gasteiger partial charge in [0.1, 0.15) is 5.82 Å². The van der Waals surface area contributed by atoms with Crippen molar-refractivity contribution in [1.29, 1.82) is 0 Å². The summed E-state index contributed by atoms with van der Waals surface area (Å²) in [5.74, 6) is -0.266. The highest BCUT2D eigenvalue weighted by Crippen LogP contribution is 2.04. The standard InChI is InChI=1S/C7H4ClFO.C5H10N2O.C2H6/c8-7(10)5-1-3-6(9)4-2-5;1-4-5(8)7-3-2-6-4;1-2/h1-4H;4,6H,2-3H2,1H3,(H,7,8);1-2H3/t;4-;/m.1./s1. The first kappa shape index (κ1) is 18.5. The Bertz CT molecular complexity index is 424. The van der Waals surface area contributed by atoms with E-state index in [0.29, 0.717) is 5.56 Å². The molecule has 0 spiro atoms. The van der Waals surface area contributed by atoms with E-state index in [9.17, 15) is 14.0 Å². The van der Waals surface area contributed by atoms with Crippen LogP contribution in [0.3, 0.4) is 0 Å². The lowest BCUT2D eigenvalue weighted by atomic mass is 10.2. The number of carbonyl (C=O) groups excluding carboxylic acids is 2. The van der Waals surface area contributed by atoms with Crippen molar-refractivity contribution in [3.05, 3.63) is 35.6 Å². The van der Waals surface area contributed by atoms with E-state index in [1.807, 2.05) is 20.8 Å². The Balaban J connectivity index is 0.000000327. The van der Waals surface area contributed by atoms with Crippen molar-refractivity contribution in [2.75, 3.05) is 13.1 Å². The zero-order valence-electron chi connectivity index (χ0n) is 11.9. The first-order valence-corrected chi connectivity index (χ1v) is 6.85. The van der Waals surface area contributed by atoms with Gasteiger partial charge in [-0.25, -0.2) is 4.39 Å². The molecule has 2 N–H and O–H groups in total. The Labute approximate surface area is 123 Å². The molecule has 0 bridgehead atoms. The summed E-state index contributed by atoms with van der Waals surface area (Å²) in [5.41, 5.74) is 0.308. The highest BCUT2D eigenvalue weighted by molar-refractivity contribution is 6.67. The van der Waals surface area contributed by atoms with Crippen LogP contribution in [-0.4, -0.2) is 30.3 Å². The van der Waals surface area contributed by atoms with Crippen LogP contribution in [0.1, 0.15) is 31.1 Å². The van der Waals surface area contributed by atoms with Crippen LogP contribution >= 0.6 is 11.6 Å². The van der Waals surface area contributed by atoms with Crippen LogP contribution in [0.5, 0.6) is 0 Å². The third-order valence-corrected chi connectivity index (χ3v) is 2.56. The molecule has 1 saturated heterocycles. The van der Waals surface area contributed by atoms with Crippen molar-refractivity contribution in [2.45, 2.75) is 26.8 Å². The molecule has 0 aliphatic carbocycles. The van der Waals surface area contributed by atoms with Gasteiger partial charge in [0, 0.05) is 18.7 Å². The smallest absolute Gasteiger partial charge is 0.252 e. The highest BCUT2D eigenvalue weighted by Gasteiger charge is 2.14. The van der Waals surface area contributed by atoms with Crippen LogP contribution in [0.4, 0.5) is 4.39 Å². The highest BCUT2D eigenvalue weighted by atomic mass is 35.5. The normalized spacial score (nSPS) is 16.9. The van der Waals surface area contributed by atoms with Crippen LogP contribution in [0.25, 0.3) is 0 Å². The number of nitrogens with one attached hydrogen (secondary N) is 2. The van der Waals surface area contributed by atoms with Crippen molar-refractivity contribution >= 4 is 22.8 Å². The second kappa shape index (κ2) is 10.3. The van der Waals surface area contributed by atoms with Crippen molar-refractivity contribution in [3.63, 3.8) is 0 Å². The van der Waals surface area contributed by atoms with E-state index in [4.69, 9.17) is 11.6 Å². The molecule has 6 heteroatoms. The Morgan fingerprint density at radius 2 is 1.80 bits per heavy atom. The molecule has 4 nitrogen and oxygen atoms in total. The van der Waals surface area contributed by atoms with Crippen LogP contribution in [-0.2, 0) is 4.79 Å². The minimum absolute atomic E-state index is 0.00347. The van der Waals surface area contributed by atoms with Gasteiger partial charge in [-0.3, -0.25) is 9.59 Å². The monoisotopic (exact) mass is 302 g/mol. The molecule has 1 aliphatic rings. The van der Waals surface area contributed by atoms with Crippen LogP contribution in [0.15, 0.2) is 24.3 Å². The summed E-state index contributed by atoms with van der Waals surface area (Å²) < 4.78 is 12.2. The molecule has 2 rings (SSSR count). The number of rotatable bonds is 1. The van der Waals surface area contributed by atoms with E-state index in [1.54, 1.807) is 0 Å². The van der Waals surface area contributed by atoms with Crippen molar-refractivity contribution in [2.24, 2.45) is 0 Å². The largest absolute Gasteiger partial charge is 0.353 e. The SMILES string of the molecule is CC.C[C@H]1NCCNC1=O.O=C(Cl)c1ccc(F)cc1. The van der Waals surface area contributed by atoms with Crippen molar-refractivity contribution in [3.8, 4) is 0 Å². The molecular weight excluding hydrogens is 283 g/mol. The molecule has 0 radical (unpaired) electrons. The molecule has 1 aliphatic heterocycles. The second-order valence-corrected chi connectivity index (χ2v) is 4.09. The minimum Gasteiger partial charge on any atom is -0.353 e. The number of benzene rings is 1. The van der Waals surface area contributed by atoms with Gasteiger partial charge in [-0.15, -0.1) is 0 Å². The summed E-state index contributed by atoms with van der Waals surface area (Å²) in [6, 6.07) is 5.06. The maximum Gasteiger partial charge on any atom is 0.252 e. The molecule has 1 fully saturated rings. The maximum absolute atomic E-state index is 12.2. The predicted molar refractivity (Wildman–Crippen MR) is 78.4 cm³/mol. The number of hydrogen-bond acceptors (Lipinski definition) is 3. The maximum atomic E-state index is 12.2. The molecule has 0 unspecified atom stereocenters. The third-order valence-electron chi connectivity index (χ3n) is 2.34. The van der Waals surface area contributed by atoms with E-state index < -0.39 is 5.24 Å². The quantitative estimate of drug-likeness (QED) is 0.783. The second-order valence-electron chi connectivity index (χ2n) is 3.75. The lowest BCUT2D eigenvalue weighted by molar-refractivity contribution is -0.123. The third kappa shape index (κ3) is 7.21. The number of piperazine rings is 1. The number of halogens is 2. The molecule has 20 heavy (non-hydrogen) atoms. The summed E-state index contributed by atoms with van der Waals surface area (Å²) >= 11 is 5.09. The van der Waals surface area contributed by atoms with Gasteiger partial charge in [0.2, 0.25) is 5.91 Å². The zero-order chi connectivity index (χ0) is 15.5. The molecule has 1 atom stereocenters.